The zero-order chi connectivity index (χ0) is 22.5. The van der Waals surface area contributed by atoms with Crippen LogP contribution in [0.25, 0.3) is 5.76 Å². The number of amides is 1. The molecule has 1 atom stereocenters. The van der Waals surface area contributed by atoms with Gasteiger partial charge in [0.1, 0.15) is 23.9 Å². The van der Waals surface area contributed by atoms with Gasteiger partial charge in [-0.2, -0.15) is 0 Å². The minimum Gasteiger partial charge on any atom is -0.507 e. The molecule has 1 heterocycles. The van der Waals surface area contributed by atoms with Crippen molar-refractivity contribution >= 4 is 17.4 Å². The van der Waals surface area contributed by atoms with E-state index in [1.807, 2.05) is 19.0 Å². The number of Topliss-reactive ketones (excluding diaryl/α,β-unsaturated/α-hetero) is 1. The Hall–Kier alpha value is -3.45. The molecule has 1 unspecified atom stereocenters. The van der Waals surface area contributed by atoms with E-state index >= 15 is 0 Å². The van der Waals surface area contributed by atoms with E-state index in [2.05, 4.69) is 6.58 Å². The third kappa shape index (κ3) is 4.83. The number of aliphatic hydroxyl groups excluding tert-OH is 1. The van der Waals surface area contributed by atoms with E-state index < -0.39 is 23.5 Å². The number of hydrogen-bond donors (Lipinski definition) is 1. The first-order chi connectivity index (χ1) is 14.8. The molecule has 0 aromatic heterocycles. The maximum absolute atomic E-state index is 13.3. The van der Waals surface area contributed by atoms with E-state index in [-0.39, 0.29) is 16.9 Å². The third-order valence-corrected chi connectivity index (χ3v) is 4.99. The highest BCUT2D eigenvalue weighted by molar-refractivity contribution is 6.46. The van der Waals surface area contributed by atoms with Gasteiger partial charge in [0.05, 0.1) is 11.6 Å². The van der Waals surface area contributed by atoms with Crippen molar-refractivity contribution in [3.8, 4) is 5.75 Å². The molecule has 0 aliphatic carbocycles. The molecule has 0 bridgehead atoms. The molecule has 3 rings (SSSR count). The van der Waals surface area contributed by atoms with Crippen LogP contribution in [0.2, 0.25) is 0 Å². The highest BCUT2D eigenvalue weighted by Gasteiger charge is 2.46. The molecule has 0 saturated carbocycles. The Morgan fingerprint density at radius 3 is 2.58 bits per heavy atom. The van der Waals surface area contributed by atoms with Crippen LogP contribution in [-0.2, 0) is 9.59 Å². The Morgan fingerprint density at radius 1 is 1.23 bits per heavy atom. The number of nitrogens with zero attached hydrogens (tertiary/aromatic N) is 2. The molecule has 31 heavy (non-hydrogen) atoms. The Morgan fingerprint density at radius 2 is 1.94 bits per heavy atom. The van der Waals surface area contributed by atoms with Gasteiger partial charge in [-0.25, -0.2) is 4.39 Å². The van der Waals surface area contributed by atoms with E-state index in [4.69, 9.17) is 4.74 Å². The highest BCUT2D eigenvalue weighted by atomic mass is 19.1. The lowest BCUT2D eigenvalue weighted by atomic mass is 9.95. The minimum absolute atomic E-state index is 0.0313. The lowest BCUT2D eigenvalue weighted by molar-refractivity contribution is -0.140. The summed E-state index contributed by atoms with van der Waals surface area (Å²) >= 11 is 0. The molecule has 1 N–H and O–H groups in total. The van der Waals surface area contributed by atoms with Gasteiger partial charge in [-0.1, -0.05) is 24.8 Å². The zero-order valence-corrected chi connectivity index (χ0v) is 17.5. The van der Waals surface area contributed by atoms with Crippen LogP contribution in [0.1, 0.15) is 17.2 Å². The molecular formula is C24H25FN2O4. The Balaban J connectivity index is 2.12. The molecule has 1 saturated heterocycles. The van der Waals surface area contributed by atoms with E-state index in [0.717, 1.165) is 0 Å². The molecule has 1 amide bonds. The Kier molecular flexibility index (Phi) is 6.87. The van der Waals surface area contributed by atoms with Crippen LogP contribution in [-0.4, -0.2) is 60.4 Å². The lowest BCUT2D eigenvalue weighted by Gasteiger charge is -2.26. The number of rotatable bonds is 8. The van der Waals surface area contributed by atoms with Crippen molar-refractivity contribution in [2.45, 2.75) is 6.04 Å². The van der Waals surface area contributed by atoms with Gasteiger partial charge in [-0.15, -0.1) is 0 Å². The summed E-state index contributed by atoms with van der Waals surface area (Å²) in [5.74, 6) is -1.71. The van der Waals surface area contributed by atoms with Crippen molar-refractivity contribution in [2.24, 2.45) is 0 Å². The zero-order valence-electron chi connectivity index (χ0n) is 17.5. The fourth-order valence-electron chi connectivity index (χ4n) is 3.46. The maximum atomic E-state index is 13.3. The summed E-state index contributed by atoms with van der Waals surface area (Å²) in [6.07, 6.45) is 1.62. The maximum Gasteiger partial charge on any atom is 0.295 e. The summed E-state index contributed by atoms with van der Waals surface area (Å²) < 4.78 is 18.9. The molecule has 0 spiro atoms. The second kappa shape index (κ2) is 9.57. The fraction of sp³-hybridized carbons (Fsp3) is 0.250. The van der Waals surface area contributed by atoms with Crippen LogP contribution >= 0.6 is 0 Å². The minimum atomic E-state index is -0.794. The number of hydrogen-bond acceptors (Lipinski definition) is 5. The number of likely N-dealkylation sites (tertiary alicyclic amines) is 1. The summed E-state index contributed by atoms with van der Waals surface area (Å²) in [5.41, 5.74) is 0.857. The molecule has 7 heteroatoms. The van der Waals surface area contributed by atoms with Crippen molar-refractivity contribution in [1.82, 2.24) is 9.80 Å². The Labute approximate surface area is 180 Å². The molecule has 0 radical (unpaired) electrons. The predicted octanol–water partition coefficient (Wildman–Crippen LogP) is 3.37. The van der Waals surface area contributed by atoms with Crippen molar-refractivity contribution in [2.75, 3.05) is 33.8 Å². The second-order valence-electron chi connectivity index (χ2n) is 7.47. The second-order valence-corrected chi connectivity index (χ2v) is 7.47. The van der Waals surface area contributed by atoms with E-state index in [0.29, 0.717) is 31.0 Å². The SMILES string of the molecule is C=CCOc1cccc(C2/C(=C(/O)c3ccc(F)cc3)C(=O)C(=O)N2CCN(C)C)c1. The number of ketones is 1. The fourth-order valence-corrected chi connectivity index (χ4v) is 3.46. The molecule has 162 valence electrons. The van der Waals surface area contributed by atoms with E-state index in [1.165, 1.54) is 29.2 Å². The topological polar surface area (TPSA) is 70.1 Å². The predicted molar refractivity (Wildman–Crippen MR) is 116 cm³/mol. The number of carbonyl (C=O) groups is 2. The summed E-state index contributed by atoms with van der Waals surface area (Å²) in [6, 6.07) is 11.4. The van der Waals surface area contributed by atoms with E-state index in [9.17, 15) is 19.1 Å². The van der Waals surface area contributed by atoms with Crippen molar-refractivity contribution in [3.05, 3.63) is 83.7 Å². The van der Waals surface area contributed by atoms with Crippen LogP contribution < -0.4 is 4.74 Å². The highest BCUT2D eigenvalue weighted by Crippen LogP contribution is 2.40. The molecule has 1 aliphatic rings. The molecule has 2 aromatic carbocycles. The van der Waals surface area contributed by atoms with Crippen molar-refractivity contribution < 1.29 is 23.8 Å². The monoisotopic (exact) mass is 424 g/mol. The van der Waals surface area contributed by atoms with Crippen molar-refractivity contribution in [3.63, 3.8) is 0 Å². The van der Waals surface area contributed by atoms with E-state index in [1.54, 1.807) is 30.3 Å². The number of ether oxygens (including phenoxy) is 1. The normalized spacial score (nSPS) is 17.9. The van der Waals surface area contributed by atoms with Crippen molar-refractivity contribution in [1.29, 1.82) is 0 Å². The van der Waals surface area contributed by atoms with Crippen LogP contribution in [0, 0.1) is 5.82 Å². The van der Waals surface area contributed by atoms with Crippen LogP contribution in [0.15, 0.2) is 66.8 Å². The van der Waals surface area contributed by atoms with Gasteiger partial charge in [0.15, 0.2) is 0 Å². The van der Waals surface area contributed by atoms with Crippen LogP contribution in [0.4, 0.5) is 4.39 Å². The molecule has 1 aliphatic heterocycles. The first kappa shape index (κ1) is 22.2. The Bertz CT molecular complexity index is 1010. The summed E-state index contributed by atoms with van der Waals surface area (Å²) in [4.78, 5) is 29.2. The summed E-state index contributed by atoms with van der Waals surface area (Å²) in [5, 5.41) is 10.9. The van der Waals surface area contributed by atoms with Gasteiger partial charge in [0, 0.05) is 18.7 Å². The summed E-state index contributed by atoms with van der Waals surface area (Å²) in [7, 11) is 3.74. The first-order valence-corrected chi connectivity index (χ1v) is 9.86. The average molecular weight is 424 g/mol. The van der Waals surface area contributed by atoms with Crippen LogP contribution in [0.3, 0.4) is 0 Å². The van der Waals surface area contributed by atoms with Gasteiger partial charge < -0.3 is 19.6 Å². The van der Waals surface area contributed by atoms with Gasteiger partial charge in [0.25, 0.3) is 11.7 Å². The third-order valence-electron chi connectivity index (χ3n) is 4.99. The molecular weight excluding hydrogens is 399 g/mol. The number of benzene rings is 2. The smallest absolute Gasteiger partial charge is 0.295 e. The molecule has 2 aromatic rings. The number of carbonyl (C=O) groups excluding carboxylic acids is 2. The number of halogens is 1. The van der Waals surface area contributed by atoms with Gasteiger partial charge >= 0.3 is 0 Å². The van der Waals surface area contributed by atoms with Gasteiger partial charge in [-0.05, 0) is 56.1 Å². The number of likely N-dealkylation sites (N-methyl/N-ethyl adjacent to an activating group) is 1. The first-order valence-electron chi connectivity index (χ1n) is 9.86. The summed E-state index contributed by atoms with van der Waals surface area (Å²) in [6.45, 7) is 4.76. The quantitative estimate of drug-likeness (QED) is 0.305. The van der Waals surface area contributed by atoms with Gasteiger partial charge in [0.2, 0.25) is 0 Å². The average Bonchev–Trinajstić information content (AvgIpc) is 3.01. The number of aliphatic hydroxyl groups is 1. The van der Waals surface area contributed by atoms with Crippen LogP contribution in [0.5, 0.6) is 5.75 Å². The molecule has 1 fully saturated rings. The standard InChI is InChI=1S/C24H25FN2O4/c1-4-14-31-19-7-5-6-17(15-19)21-20(22(28)16-8-10-18(25)11-9-16)23(29)24(30)27(21)13-12-26(2)3/h4-11,15,21,28H,1,12-14H2,2-3H3/b22-20-. The largest absolute Gasteiger partial charge is 0.507 e. The molecule has 6 nitrogen and oxygen atoms in total. The lowest BCUT2D eigenvalue weighted by Crippen LogP contribution is -2.35. The van der Waals surface area contributed by atoms with Gasteiger partial charge in [-0.3, -0.25) is 9.59 Å².